The largest absolute Gasteiger partial charge is 0.338 e. The third kappa shape index (κ3) is 6.90. The first kappa shape index (κ1) is 18.4. The second kappa shape index (κ2) is 10.2. The maximum absolute atomic E-state index is 12.5. The average Bonchev–Trinajstić information content (AvgIpc) is 2.51. The minimum absolute atomic E-state index is 0.178. The third-order valence-electron chi connectivity index (χ3n) is 3.69. The number of aryl methyl sites for hydroxylation is 1. The zero-order valence-corrected chi connectivity index (χ0v) is 14.5. The molecule has 122 valence electrons. The molecule has 1 rings (SSSR count). The van der Waals surface area contributed by atoms with E-state index in [1.165, 1.54) is 5.56 Å². The van der Waals surface area contributed by atoms with Crippen molar-refractivity contribution in [2.45, 2.75) is 33.1 Å². The lowest BCUT2D eigenvalue weighted by molar-refractivity contribution is -0.127. The van der Waals surface area contributed by atoms with E-state index in [0.29, 0.717) is 0 Å². The highest BCUT2D eigenvalue weighted by Crippen LogP contribution is 2.07. The van der Waals surface area contributed by atoms with Gasteiger partial charge in [0.15, 0.2) is 0 Å². The minimum atomic E-state index is 0.178. The first-order valence-electron chi connectivity index (χ1n) is 8.19. The van der Waals surface area contributed by atoms with Gasteiger partial charge in [-0.15, -0.1) is 0 Å². The summed E-state index contributed by atoms with van der Waals surface area (Å²) in [6, 6.07) is 10.5. The zero-order valence-electron chi connectivity index (χ0n) is 14.5. The van der Waals surface area contributed by atoms with Crippen LogP contribution >= 0.6 is 0 Å². The maximum atomic E-state index is 12.5. The molecule has 1 aromatic carbocycles. The van der Waals surface area contributed by atoms with Crippen molar-refractivity contribution in [2.24, 2.45) is 0 Å². The number of amides is 1. The van der Waals surface area contributed by atoms with Gasteiger partial charge in [-0.2, -0.15) is 0 Å². The SMILES string of the molecule is CC/C=C(/C)C(=O)N(CCCc1ccccc1)CCN(C)C. The van der Waals surface area contributed by atoms with E-state index in [9.17, 15) is 4.79 Å². The molecule has 1 aromatic rings. The number of likely N-dealkylation sites (N-methyl/N-ethyl adjacent to an activating group) is 1. The van der Waals surface area contributed by atoms with E-state index in [-0.39, 0.29) is 5.91 Å². The van der Waals surface area contributed by atoms with Crippen molar-refractivity contribution in [3.63, 3.8) is 0 Å². The van der Waals surface area contributed by atoms with E-state index in [1.54, 1.807) is 0 Å². The van der Waals surface area contributed by atoms with Crippen LogP contribution in [0.15, 0.2) is 42.0 Å². The molecule has 0 unspecified atom stereocenters. The Balaban J connectivity index is 2.57. The summed E-state index contributed by atoms with van der Waals surface area (Å²) >= 11 is 0. The van der Waals surface area contributed by atoms with Crippen LogP contribution in [0, 0.1) is 0 Å². The highest BCUT2D eigenvalue weighted by molar-refractivity contribution is 5.92. The van der Waals surface area contributed by atoms with Crippen LogP contribution in [0.1, 0.15) is 32.3 Å². The van der Waals surface area contributed by atoms with Crippen molar-refractivity contribution < 1.29 is 4.79 Å². The Morgan fingerprint density at radius 3 is 2.36 bits per heavy atom. The Kier molecular flexibility index (Phi) is 8.53. The summed E-state index contributed by atoms with van der Waals surface area (Å²) < 4.78 is 0. The lowest BCUT2D eigenvalue weighted by atomic mass is 10.1. The molecule has 3 nitrogen and oxygen atoms in total. The zero-order chi connectivity index (χ0) is 16.4. The minimum Gasteiger partial charge on any atom is -0.338 e. The molecule has 0 radical (unpaired) electrons. The van der Waals surface area contributed by atoms with Crippen molar-refractivity contribution in [2.75, 3.05) is 33.7 Å². The number of hydrogen-bond donors (Lipinski definition) is 0. The summed E-state index contributed by atoms with van der Waals surface area (Å²) in [7, 11) is 4.09. The van der Waals surface area contributed by atoms with Gasteiger partial charge in [0.25, 0.3) is 0 Å². The number of carbonyl (C=O) groups is 1. The lowest BCUT2D eigenvalue weighted by Crippen LogP contribution is -2.38. The summed E-state index contributed by atoms with van der Waals surface area (Å²) in [5.74, 6) is 0.178. The molecule has 0 aromatic heterocycles. The highest BCUT2D eigenvalue weighted by atomic mass is 16.2. The number of benzene rings is 1. The molecule has 0 saturated heterocycles. The Morgan fingerprint density at radius 2 is 1.77 bits per heavy atom. The van der Waals surface area contributed by atoms with Gasteiger partial charge in [-0.1, -0.05) is 43.3 Å². The number of carbonyl (C=O) groups excluding carboxylic acids is 1. The van der Waals surface area contributed by atoms with E-state index in [4.69, 9.17) is 0 Å². The van der Waals surface area contributed by atoms with Gasteiger partial charge >= 0.3 is 0 Å². The van der Waals surface area contributed by atoms with Gasteiger partial charge in [0.1, 0.15) is 0 Å². The van der Waals surface area contributed by atoms with Crippen LogP contribution in [-0.2, 0) is 11.2 Å². The van der Waals surface area contributed by atoms with Gasteiger partial charge in [0.2, 0.25) is 5.91 Å². The van der Waals surface area contributed by atoms with Gasteiger partial charge in [-0.05, 0) is 45.8 Å². The standard InChI is InChI=1S/C19H30N2O/c1-5-10-17(2)19(22)21(16-15-20(3)4)14-9-13-18-11-7-6-8-12-18/h6-8,10-12H,5,9,13-16H2,1-4H3/b17-10-. The molecule has 0 atom stereocenters. The van der Waals surface area contributed by atoms with Crippen LogP contribution in [0.3, 0.4) is 0 Å². The van der Waals surface area contributed by atoms with Crippen molar-refractivity contribution >= 4 is 5.91 Å². The fourth-order valence-electron chi connectivity index (χ4n) is 2.40. The summed E-state index contributed by atoms with van der Waals surface area (Å²) in [5, 5.41) is 0. The number of hydrogen-bond acceptors (Lipinski definition) is 2. The molecular weight excluding hydrogens is 272 g/mol. The first-order valence-corrected chi connectivity index (χ1v) is 8.19. The molecule has 0 N–H and O–H groups in total. The monoisotopic (exact) mass is 302 g/mol. The Hall–Kier alpha value is -1.61. The third-order valence-corrected chi connectivity index (χ3v) is 3.69. The van der Waals surface area contributed by atoms with Crippen LogP contribution in [0.5, 0.6) is 0 Å². The fourth-order valence-corrected chi connectivity index (χ4v) is 2.40. The highest BCUT2D eigenvalue weighted by Gasteiger charge is 2.14. The van der Waals surface area contributed by atoms with Crippen LogP contribution in [-0.4, -0.2) is 49.4 Å². The Labute approximate surface area is 135 Å². The molecule has 0 bridgehead atoms. The molecule has 3 heteroatoms. The van der Waals surface area contributed by atoms with E-state index < -0.39 is 0 Å². The van der Waals surface area contributed by atoms with Crippen LogP contribution < -0.4 is 0 Å². The summed E-state index contributed by atoms with van der Waals surface area (Å²) in [6.45, 7) is 6.49. The predicted molar refractivity (Wildman–Crippen MR) is 93.9 cm³/mol. The molecule has 0 aliphatic rings. The van der Waals surface area contributed by atoms with Crippen molar-refractivity contribution in [3.05, 3.63) is 47.5 Å². The Morgan fingerprint density at radius 1 is 1.09 bits per heavy atom. The van der Waals surface area contributed by atoms with Crippen LogP contribution in [0.4, 0.5) is 0 Å². The second-order valence-electron chi connectivity index (χ2n) is 5.98. The first-order chi connectivity index (χ1) is 10.5. The van der Waals surface area contributed by atoms with Gasteiger partial charge in [0.05, 0.1) is 0 Å². The van der Waals surface area contributed by atoms with E-state index in [0.717, 1.165) is 44.5 Å². The van der Waals surface area contributed by atoms with Crippen molar-refractivity contribution in [3.8, 4) is 0 Å². The second-order valence-corrected chi connectivity index (χ2v) is 5.98. The quantitative estimate of drug-likeness (QED) is 0.653. The molecule has 0 spiro atoms. The van der Waals surface area contributed by atoms with E-state index in [1.807, 2.05) is 38.1 Å². The molecule has 0 heterocycles. The van der Waals surface area contributed by atoms with Gasteiger partial charge in [0, 0.05) is 25.2 Å². The lowest BCUT2D eigenvalue weighted by Gasteiger charge is -2.25. The topological polar surface area (TPSA) is 23.6 Å². The molecule has 0 aliphatic heterocycles. The summed E-state index contributed by atoms with van der Waals surface area (Å²) in [5.41, 5.74) is 2.20. The number of rotatable bonds is 9. The van der Waals surface area contributed by atoms with Crippen molar-refractivity contribution in [1.29, 1.82) is 0 Å². The van der Waals surface area contributed by atoms with Gasteiger partial charge < -0.3 is 9.80 Å². The average molecular weight is 302 g/mol. The number of allylic oxidation sites excluding steroid dienone is 1. The van der Waals surface area contributed by atoms with Gasteiger partial charge in [-0.3, -0.25) is 4.79 Å². The predicted octanol–water partition coefficient (Wildman–Crippen LogP) is 3.37. The van der Waals surface area contributed by atoms with Crippen LogP contribution in [0.25, 0.3) is 0 Å². The normalized spacial score (nSPS) is 11.8. The van der Waals surface area contributed by atoms with Crippen LogP contribution in [0.2, 0.25) is 0 Å². The molecule has 22 heavy (non-hydrogen) atoms. The molecule has 0 saturated carbocycles. The molecule has 0 aliphatic carbocycles. The van der Waals surface area contributed by atoms with E-state index >= 15 is 0 Å². The van der Waals surface area contributed by atoms with Gasteiger partial charge in [-0.25, -0.2) is 0 Å². The smallest absolute Gasteiger partial charge is 0.249 e. The Bertz CT molecular complexity index is 466. The van der Waals surface area contributed by atoms with Crippen molar-refractivity contribution in [1.82, 2.24) is 9.80 Å². The molecular formula is C19H30N2O. The summed E-state index contributed by atoms with van der Waals surface area (Å²) in [4.78, 5) is 16.6. The van der Waals surface area contributed by atoms with E-state index in [2.05, 4.69) is 36.1 Å². The number of nitrogens with zero attached hydrogens (tertiary/aromatic N) is 2. The fraction of sp³-hybridized carbons (Fsp3) is 0.526. The molecule has 0 fully saturated rings. The summed E-state index contributed by atoms with van der Waals surface area (Å²) in [6.07, 6.45) is 4.94. The molecule has 1 amide bonds. The maximum Gasteiger partial charge on any atom is 0.249 e.